The molecule has 2 atom stereocenters. The van der Waals surface area contributed by atoms with Crippen LogP contribution in [0.15, 0.2) is 11.6 Å². The summed E-state index contributed by atoms with van der Waals surface area (Å²) >= 11 is 0. The summed E-state index contributed by atoms with van der Waals surface area (Å²) in [5, 5.41) is 0. The molecule has 2 fully saturated rings. The number of hydrogen-bond acceptors (Lipinski definition) is 4. The molecule has 0 aromatic heterocycles. The van der Waals surface area contributed by atoms with Crippen molar-refractivity contribution in [3.8, 4) is 0 Å². The molecule has 0 aromatic carbocycles. The zero-order valence-corrected chi connectivity index (χ0v) is 13.6. The Balaban J connectivity index is 1.56. The average Bonchev–Trinajstić information content (AvgIpc) is 2.47. The van der Waals surface area contributed by atoms with Gasteiger partial charge in [0.05, 0.1) is 26.4 Å². The summed E-state index contributed by atoms with van der Waals surface area (Å²) in [7, 11) is 0. The quantitative estimate of drug-likeness (QED) is 0.732. The Labute approximate surface area is 128 Å². The number of hydrogen-bond donors (Lipinski definition) is 0. The second-order valence-electron chi connectivity index (χ2n) is 7.10. The third kappa shape index (κ3) is 3.19. The highest BCUT2D eigenvalue weighted by Gasteiger charge is 2.46. The van der Waals surface area contributed by atoms with E-state index in [0.29, 0.717) is 11.8 Å². The van der Waals surface area contributed by atoms with Gasteiger partial charge in [-0.3, -0.25) is 4.90 Å². The van der Waals surface area contributed by atoms with E-state index < -0.39 is 0 Å². The molecule has 0 saturated carbocycles. The first-order valence-corrected chi connectivity index (χ1v) is 8.31. The molecule has 0 N–H and O–H groups in total. The molecule has 3 rings (SSSR count). The monoisotopic (exact) mass is 295 g/mol. The average molecular weight is 295 g/mol. The van der Waals surface area contributed by atoms with Crippen molar-refractivity contribution >= 4 is 0 Å². The first-order valence-electron chi connectivity index (χ1n) is 8.31. The lowest BCUT2D eigenvalue weighted by molar-refractivity contribution is -0.255. The molecule has 4 heteroatoms. The van der Waals surface area contributed by atoms with Gasteiger partial charge in [0, 0.05) is 25.0 Å². The van der Waals surface area contributed by atoms with Crippen LogP contribution in [-0.4, -0.2) is 57.3 Å². The molecule has 2 aliphatic heterocycles. The van der Waals surface area contributed by atoms with Crippen LogP contribution < -0.4 is 0 Å². The van der Waals surface area contributed by atoms with E-state index in [0.717, 1.165) is 46.1 Å². The summed E-state index contributed by atoms with van der Waals surface area (Å²) in [5.74, 6) is 1.16. The summed E-state index contributed by atoms with van der Waals surface area (Å²) in [4.78, 5) is 2.38. The van der Waals surface area contributed by atoms with Crippen LogP contribution in [-0.2, 0) is 14.2 Å². The molecule has 21 heavy (non-hydrogen) atoms. The van der Waals surface area contributed by atoms with Crippen LogP contribution in [0.5, 0.6) is 0 Å². The van der Waals surface area contributed by atoms with Crippen molar-refractivity contribution in [3.05, 3.63) is 11.6 Å². The second-order valence-corrected chi connectivity index (χ2v) is 7.10. The van der Waals surface area contributed by atoms with Gasteiger partial charge in [-0.25, -0.2) is 0 Å². The molecule has 1 aliphatic carbocycles. The van der Waals surface area contributed by atoms with Gasteiger partial charge in [-0.05, 0) is 25.2 Å². The normalized spacial score (nSPS) is 42.0. The van der Waals surface area contributed by atoms with Crippen molar-refractivity contribution in [2.24, 2.45) is 17.3 Å². The van der Waals surface area contributed by atoms with E-state index >= 15 is 0 Å². The van der Waals surface area contributed by atoms with Crippen molar-refractivity contribution in [2.75, 3.05) is 46.1 Å². The minimum absolute atomic E-state index is 0.0693. The van der Waals surface area contributed by atoms with Gasteiger partial charge >= 0.3 is 0 Å². The van der Waals surface area contributed by atoms with Crippen molar-refractivity contribution in [3.63, 3.8) is 0 Å². The highest BCUT2D eigenvalue weighted by molar-refractivity contribution is 5.13. The third-order valence-electron chi connectivity index (χ3n) is 5.64. The minimum atomic E-state index is -0.0693. The van der Waals surface area contributed by atoms with E-state index in [1.165, 1.54) is 12.0 Å². The maximum absolute atomic E-state index is 6.12. The van der Waals surface area contributed by atoms with Crippen LogP contribution in [0.2, 0.25) is 0 Å². The fourth-order valence-electron chi connectivity index (χ4n) is 4.03. The van der Waals surface area contributed by atoms with Crippen molar-refractivity contribution in [1.82, 2.24) is 4.90 Å². The van der Waals surface area contributed by atoms with Crippen LogP contribution in [0.1, 0.15) is 27.2 Å². The van der Waals surface area contributed by atoms with Gasteiger partial charge in [0.1, 0.15) is 0 Å². The Morgan fingerprint density at radius 2 is 1.86 bits per heavy atom. The molecule has 2 heterocycles. The number of ether oxygens (including phenoxy) is 3. The Morgan fingerprint density at radius 3 is 2.48 bits per heavy atom. The maximum Gasteiger partial charge on any atom is 0.170 e. The van der Waals surface area contributed by atoms with Crippen LogP contribution in [0, 0.1) is 17.3 Å². The zero-order chi connectivity index (χ0) is 14.9. The SMILES string of the molecule is CC1=CC(C)C2(COC(CN3CCOCC3)OC2)C(C)C1. The van der Waals surface area contributed by atoms with Crippen LogP contribution in [0.25, 0.3) is 0 Å². The highest BCUT2D eigenvalue weighted by atomic mass is 16.7. The van der Waals surface area contributed by atoms with Gasteiger partial charge < -0.3 is 14.2 Å². The predicted octanol–water partition coefficient (Wildman–Crippen LogP) is 2.30. The fourth-order valence-corrected chi connectivity index (χ4v) is 4.03. The van der Waals surface area contributed by atoms with E-state index in [2.05, 4.69) is 31.7 Å². The highest BCUT2D eigenvalue weighted by Crippen LogP contribution is 2.46. The van der Waals surface area contributed by atoms with Crippen molar-refractivity contribution in [2.45, 2.75) is 33.5 Å². The van der Waals surface area contributed by atoms with Crippen molar-refractivity contribution < 1.29 is 14.2 Å². The number of allylic oxidation sites excluding steroid dienone is 2. The van der Waals surface area contributed by atoms with Gasteiger partial charge in [0.15, 0.2) is 6.29 Å². The molecule has 1 spiro atoms. The van der Waals surface area contributed by atoms with Crippen LogP contribution in [0.3, 0.4) is 0 Å². The Hall–Kier alpha value is -0.420. The Bertz CT molecular complexity index is 381. The lowest BCUT2D eigenvalue weighted by Crippen LogP contribution is -2.53. The molecule has 3 aliphatic rings. The van der Waals surface area contributed by atoms with Gasteiger partial charge in [-0.1, -0.05) is 25.5 Å². The zero-order valence-electron chi connectivity index (χ0n) is 13.6. The first kappa shape index (κ1) is 15.5. The Kier molecular flexibility index (Phi) is 4.69. The molecule has 0 radical (unpaired) electrons. The van der Waals surface area contributed by atoms with E-state index in [1.54, 1.807) is 0 Å². The minimum Gasteiger partial charge on any atom is -0.379 e. The van der Waals surface area contributed by atoms with E-state index in [-0.39, 0.29) is 11.7 Å². The molecule has 0 amide bonds. The van der Waals surface area contributed by atoms with Gasteiger partial charge in [-0.15, -0.1) is 0 Å². The second kappa shape index (κ2) is 6.37. The van der Waals surface area contributed by atoms with E-state index in [1.807, 2.05) is 0 Å². The summed E-state index contributed by atoms with van der Waals surface area (Å²) < 4.78 is 17.6. The Morgan fingerprint density at radius 1 is 1.19 bits per heavy atom. The maximum atomic E-state index is 6.12. The lowest BCUT2D eigenvalue weighted by Gasteiger charge is -2.50. The van der Waals surface area contributed by atoms with Crippen LogP contribution in [0.4, 0.5) is 0 Å². The molecular formula is C17H29NO3. The number of nitrogens with zero attached hydrogens (tertiary/aromatic N) is 1. The first-order chi connectivity index (χ1) is 10.1. The molecular weight excluding hydrogens is 266 g/mol. The van der Waals surface area contributed by atoms with Gasteiger partial charge in [-0.2, -0.15) is 0 Å². The summed E-state index contributed by atoms with van der Waals surface area (Å²) in [6.45, 7) is 13.1. The fraction of sp³-hybridized carbons (Fsp3) is 0.882. The lowest BCUT2D eigenvalue weighted by atomic mass is 9.63. The molecule has 2 saturated heterocycles. The van der Waals surface area contributed by atoms with E-state index in [9.17, 15) is 0 Å². The summed E-state index contributed by atoms with van der Waals surface area (Å²) in [6, 6.07) is 0. The number of rotatable bonds is 2. The summed E-state index contributed by atoms with van der Waals surface area (Å²) in [6.07, 6.45) is 3.51. The van der Waals surface area contributed by atoms with Gasteiger partial charge in [0.2, 0.25) is 0 Å². The van der Waals surface area contributed by atoms with E-state index in [4.69, 9.17) is 14.2 Å². The molecule has 4 nitrogen and oxygen atoms in total. The molecule has 0 bridgehead atoms. The van der Waals surface area contributed by atoms with Gasteiger partial charge in [0.25, 0.3) is 0 Å². The summed E-state index contributed by atoms with van der Waals surface area (Å²) in [5.41, 5.74) is 1.68. The third-order valence-corrected chi connectivity index (χ3v) is 5.64. The smallest absolute Gasteiger partial charge is 0.170 e. The largest absolute Gasteiger partial charge is 0.379 e. The molecule has 2 unspecified atom stereocenters. The predicted molar refractivity (Wildman–Crippen MR) is 82.1 cm³/mol. The standard InChI is InChI=1S/C17H29NO3/c1-13-8-14(2)17(15(3)9-13)11-20-16(21-12-17)10-18-4-6-19-7-5-18/h8,14-16H,4-7,9-12H2,1-3H3. The van der Waals surface area contributed by atoms with Crippen LogP contribution >= 0.6 is 0 Å². The molecule has 0 aromatic rings. The number of morpholine rings is 1. The molecule has 120 valence electrons. The topological polar surface area (TPSA) is 30.9 Å². The van der Waals surface area contributed by atoms with Crippen molar-refractivity contribution in [1.29, 1.82) is 0 Å².